The van der Waals surface area contributed by atoms with Gasteiger partial charge in [0.05, 0.1) is 10.4 Å². The lowest BCUT2D eigenvalue weighted by Crippen LogP contribution is -2.15. The average Bonchev–Trinajstić information content (AvgIpc) is 3.89. The minimum Gasteiger partial charge on any atom is -0.455 e. The zero-order valence-corrected chi connectivity index (χ0v) is 31.8. The summed E-state index contributed by atoms with van der Waals surface area (Å²) in [5, 5.41) is 9.71. The summed E-state index contributed by atoms with van der Waals surface area (Å²) < 4.78 is 9.18. The van der Waals surface area contributed by atoms with Gasteiger partial charge >= 0.3 is 0 Å². The Kier molecular flexibility index (Phi) is 6.59. The van der Waals surface area contributed by atoms with Crippen molar-refractivity contribution in [2.45, 2.75) is 19.3 Å². The molecule has 0 unspecified atom stereocenters. The molecule has 0 amide bonds. The second kappa shape index (κ2) is 11.7. The monoisotopic (exact) mass is 733 g/mol. The van der Waals surface area contributed by atoms with Crippen LogP contribution in [0.2, 0.25) is 0 Å². The molecule has 0 aliphatic heterocycles. The first-order valence-corrected chi connectivity index (χ1v) is 20.2. The van der Waals surface area contributed by atoms with Crippen molar-refractivity contribution < 1.29 is 4.42 Å². The fourth-order valence-corrected chi connectivity index (χ4v) is 10.8. The molecule has 2 aromatic heterocycles. The van der Waals surface area contributed by atoms with Crippen LogP contribution in [0, 0.1) is 0 Å². The fourth-order valence-electron chi connectivity index (χ4n) is 9.59. The van der Waals surface area contributed by atoms with E-state index in [9.17, 15) is 0 Å². The van der Waals surface area contributed by atoms with Crippen LogP contribution in [-0.2, 0) is 5.41 Å². The standard InChI is InChI=1S/C53H35NOS/c1-53(2)44-19-8-7-16-40(44)43-31-36(26-28-45(43)53)54(35-24-21-34(22-25-35)38-17-9-13-32-11-3-5-14-37(32)38)46-20-10-18-42-50-48(56-52(42)46)30-29-47-49(50)41-27-23-33-12-4-6-15-39(33)51(41)55-47/h3-31H,1-2H3. The van der Waals surface area contributed by atoms with Crippen LogP contribution >= 0.6 is 11.3 Å². The second-order valence-electron chi connectivity index (χ2n) is 15.6. The Balaban J connectivity index is 1.10. The van der Waals surface area contributed by atoms with Gasteiger partial charge < -0.3 is 9.32 Å². The number of thiophene rings is 1. The fraction of sp³-hybridized carbons (Fsp3) is 0.0566. The van der Waals surface area contributed by atoms with E-state index in [0.29, 0.717) is 0 Å². The Bertz CT molecular complexity index is 3400. The third-order valence-electron chi connectivity index (χ3n) is 12.3. The summed E-state index contributed by atoms with van der Waals surface area (Å²) in [7, 11) is 0. The van der Waals surface area contributed by atoms with Gasteiger partial charge in [-0.3, -0.25) is 0 Å². The molecular formula is C53H35NOS. The average molecular weight is 734 g/mol. The van der Waals surface area contributed by atoms with E-state index in [1.165, 1.54) is 80.8 Å². The van der Waals surface area contributed by atoms with Crippen LogP contribution in [0.4, 0.5) is 17.1 Å². The van der Waals surface area contributed by atoms with Crippen molar-refractivity contribution in [2.24, 2.45) is 0 Å². The van der Waals surface area contributed by atoms with E-state index in [-0.39, 0.29) is 5.41 Å². The molecule has 2 nitrogen and oxygen atoms in total. The van der Waals surface area contributed by atoms with Gasteiger partial charge in [0.15, 0.2) is 0 Å². The van der Waals surface area contributed by atoms with Crippen LogP contribution in [0.1, 0.15) is 25.0 Å². The summed E-state index contributed by atoms with van der Waals surface area (Å²) in [4.78, 5) is 2.47. The molecule has 0 saturated carbocycles. The van der Waals surface area contributed by atoms with Gasteiger partial charge in [0.2, 0.25) is 0 Å². The van der Waals surface area contributed by atoms with Crippen LogP contribution in [-0.4, -0.2) is 0 Å². The van der Waals surface area contributed by atoms with Gasteiger partial charge in [0, 0.05) is 48.4 Å². The summed E-state index contributed by atoms with van der Waals surface area (Å²) in [5.74, 6) is 0. The van der Waals surface area contributed by atoms with Crippen molar-refractivity contribution in [1.82, 2.24) is 0 Å². The third kappa shape index (κ3) is 4.43. The van der Waals surface area contributed by atoms with E-state index in [0.717, 1.165) is 33.3 Å². The quantitative estimate of drug-likeness (QED) is 0.179. The predicted molar refractivity (Wildman–Crippen MR) is 239 cm³/mol. The number of nitrogens with zero attached hydrogens (tertiary/aromatic N) is 1. The van der Waals surface area contributed by atoms with E-state index >= 15 is 0 Å². The maximum absolute atomic E-state index is 6.67. The summed E-state index contributed by atoms with van der Waals surface area (Å²) in [5.41, 5.74) is 13.1. The number of benzene rings is 9. The molecule has 264 valence electrons. The summed E-state index contributed by atoms with van der Waals surface area (Å²) in [6, 6.07) is 64.6. The molecule has 11 aromatic rings. The van der Waals surface area contributed by atoms with Crippen LogP contribution in [0.25, 0.3) is 85.9 Å². The molecular weight excluding hydrogens is 699 g/mol. The van der Waals surface area contributed by atoms with Gasteiger partial charge in [-0.2, -0.15) is 0 Å². The number of furan rings is 1. The topological polar surface area (TPSA) is 16.4 Å². The summed E-state index contributed by atoms with van der Waals surface area (Å²) >= 11 is 1.87. The number of anilines is 3. The maximum Gasteiger partial charge on any atom is 0.143 e. The molecule has 1 aliphatic rings. The summed E-state index contributed by atoms with van der Waals surface area (Å²) in [6.45, 7) is 4.70. The Morgan fingerprint density at radius 2 is 1.16 bits per heavy atom. The zero-order chi connectivity index (χ0) is 37.1. The van der Waals surface area contributed by atoms with Crippen LogP contribution in [0.5, 0.6) is 0 Å². The molecule has 0 atom stereocenters. The van der Waals surface area contributed by atoms with Crippen LogP contribution < -0.4 is 4.90 Å². The number of fused-ring (bicyclic) bond motifs is 13. The molecule has 56 heavy (non-hydrogen) atoms. The Labute approximate surface area is 328 Å². The van der Waals surface area contributed by atoms with Gasteiger partial charge in [-0.1, -0.05) is 141 Å². The van der Waals surface area contributed by atoms with Crippen molar-refractivity contribution in [1.29, 1.82) is 0 Å². The van der Waals surface area contributed by atoms with E-state index in [1.54, 1.807) is 0 Å². The van der Waals surface area contributed by atoms with Gasteiger partial charge in [0.25, 0.3) is 0 Å². The number of hydrogen-bond acceptors (Lipinski definition) is 3. The minimum atomic E-state index is -0.0645. The minimum absolute atomic E-state index is 0.0645. The smallest absolute Gasteiger partial charge is 0.143 e. The molecule has 2 heterocycles. The SMILES string of the molecule is CC1(C)c2ccccc2-c2cc(N(c3ccc(-c4cccc5ccccc45)cc3)c3cccc4c3sc3ccc5oc6c7ccccc7ccc6c5c34)ccc21. The number of hydrogen-bond donors (Lipinski definition) is 0. The Morgan fingerprint density at radius 3 is 2.04 bits per heavy atom. The normalized spacial score (nSPS) is 13.3. The molecule has 0 fully saturated rings. The third-order valence-corrected chi connectivity index (χ3v) is 13.5. The lowest BCUT2D eigenvalue weighted by Gasteiger charge is -2.28. The molecule has 0 spiro atoms. The molecule has 3 heteroatoms. The Morgan fingerprint density at radius 1 is 0.482 bits per heavy atom. The highest BCUT2D eigenvalue weighted by atomic mass is 32.1. The first-order chi connectivity index (χ1) is 27.5. The van der Waals surface area contributed by atoms with Gasteiger partial charge in [0.1, 0.15) is 11.2 Å². The first kappa shape index (κ1) is 31.6. The molecule has 0 saturated heterocycles. The van der Waals surface area contributed by atoms with E-state index in [2.05, 4.69) is 195 Å². The van der Waals surface area contributed by atoms with E-state index in [1.807, 2.05) is 11.3 Å². The van der Waals surface area contributed by atoms with Crippen molar-refractivity contribution >= 4 is 92.1 Å². The molecule has 0 radical (unpaired) electrons. The van der Waals surface area contributed by atoms with Crippen LogP contribution in [0.3, 0.4) is 0 Å². The zero-order valence-electron chi connectivity index (χ0n) is 31.0. The van der Waals surface area contributed by atoms with E-state index in [4.69, 9.17) is 4.42 Å². The highest BCUT2D eigenvalue weighted by Gasteiger charge is 2.35. The highest BCUT2D eigenvalue weighted by Crippen LogP contribution is 2.53. The molecule has 0 N–H and O–H groups in total. The van der Waals surface area contributed by atoms with Gasteiger partial charge in [-0.25, -0.2) is 0 Å². The molecule has 12 rings (SSSR count). The van der Waals surface area contributed by atoms with Crippen molar-refractivity contribution in [3.05, 3.63) is 187 Å². The first-order valence-electron chi connectivity index (χ1n) is 19.3. The van der Waals surface area contributed by atoms with Gasteiger partial charge in [-0.05, 0) is 98.1 Å². The lowest BCUT2D eigenvalue weighted by atomic mass is 9.82. The second-order valence-corrected chi connectivity index (χ2v) is 16.7. The highest BCUT2D eigenvalue weighted by molar-refractivity contribution is 7.26. The summed E-state index contributed by atoms with van der Waals surface area (Å²) in [6.07, 6.45) is 0. The lowest BCUT2D eigenvalue weighted by molar-refractivity contribution is 0.660. The van der Waals surface area contributed by atoms with Crippen molar-refractivity contribution in [3.8, 4) is 22.3 Å². The van der Waals surface area contributed by atoms with Crippen LogP contribution in [0.15, 0.2) is 180 Å². The predicted octanol–water partition coefficient (Wildman–Crippen LogP) is 15.7. The molecule has 9 aromatic carbocycles. The number of rotatable bonds is 4. The molecule has 1 aliphatic carbocycles. The maximum atomic E-state index is 6.67. The van der Waals surface area contributed by atoms with Crippen molar-refractivity contribution in [2.75, 3.05) is 4.90 Å². The molecule has 0 bridgehead atoms. The largest absolute Gasteiger partial charge is 0.455 e. The van der Waals surface area contributed by atoms with Crippen molar-refractivity contribution in [3.63, 3.8) is 0 Å². The van der Waals surface area contributed by atoms with E-state index < -0.39 is 0 Å². The Hall–Kier alpha value is -6.68. The van der Waals surface area contributed by atoms with Gasteiger partial charge in [-0.15, -0.1) is 11.3 Å².